The molecular weight excluding hydrogens is 636 g/mol. The molecule has 1 aromatic heterocycles. The van der Waals surface area contributed by atoms with Gasteiger partial charge in [0.1, 0.15) is 12.4 Å². The van der Waals surface area contributed by atoms with Gasteiger partial charge >= 0.3 is 5.97 Å². The van der Waals surface area contributed by atoms with E-state index < -0.39 is 12.0 Å². The Bertz CT molecular complexity index is 1860. The van der Waals surface area contributed by atoms with E-state index in [0.29, 0.717) is 43.9 Å². The van der Waals surface area contributed by atoms with Gasteiger partial charge in [-0.1, -0.05) is 85.3 Å². The quantitative estimate of drug-likeness (QED) is 0.192. The molecule has 0 fully saturated rings. The van der Waals surface area contributed by atoms with E-state index in [0.717, 1.165) is 21.2 Å². The minimum atomic E-state index is -0.643. The van der Waals surface area contributed by atoms with Crippen molar-refractivity contribution < 1.29 is 14.3 Å². The van der Waals surface area contributed by atoms with Gasteiger partial charge in [0.15, 0.2) is 4.80 Å². The first kappa shape index (κ1) is 30.0. The van der Waals surface area contributed by atoms with Crippen molar-refractivity contribution in [3.8, 4) is 5.75 Å². The van der Waals surface area contributed by atoms with Crippen LogP contribution in [0.2, 0.25) is 5.02 Å². The molecule has 3 aromatic carbocycles. The van der Waals surface area contributed by atoms with Gasteiger partial charge in [-0.3, -0.25) is 9.36 Å². The Labute approximate surface area is 261 Å². The summed E-state index contributed by atoms with van der Waals surface area (Å²) in [6.07, 6.45) is 1.83. The molecule has 5 rings (SSSR count). The van der Waals surface area contributed by atoms with E-state index in [-0.39, 0.29) is 12.2 Å². The van der Waals surface area contributed by atoms with E-state index in [9.17, 15) is 9.59 Å². The molecule has 216 valence electrons. The maximum atomic E-state index is 13.9. The molecule has 0 spiro atoms. The van der Waals surface area contributed by atoms with Crippen LogP contribution in [0.15, 0.2) is 92.3 Å². The number of allylic oxidation sites excluding steroid dienone is 1. The monoisotopic (exact) mass is 664 g/mol. The summed E-state index contributed by atoms with van der Waals surface area (Å²) in [5, 5.41) is 0.649. The number of rotatable bonds is 8. The average Bonchev–Trinajstić information content (AvgIpc) is 3.26. The molecule has 0 aliphatic carbocycles. The second-order valence-electron chi connectivity index (χ2n) is 10.2. The fraction of sp³-hybridized carbons (Fsp3) is 0.242. The summed E-state index contributed by atoms with van der Waals surface area (Å²) in [6.45, 7) is 8.37. The summed E-state index contributed by atoms with van der Waals surface area (Å²) < 4.78 is 14.2. The summed E-state index contributed by atoms with van der Waals surface area (Å²) in [6, 6.07) is 20.6. The fourth-order valence-corrected chi connectivity index (χ4v) is 6.56. The van der Waals surface area contributed by atoms with Crippen molar-refractivity contribution in [1.82, 2.24) is 4.57 Å². The first-order valence-corrected chi connectivity index (χ1v) is 15.6. The second-order valence-corrected chi connectivity index (χ2v) is 12.5. The van der Waals surface area contributed by atoms with E-state index in [2.05, 4.69) is 34.8 Å². The van der Waals surface area contributed by atoms with Crippen molar-refractivity contribution in [3.63, 3.8) is 0 Å². The van der Waals surface area contributed by atoms with Gasteiger partial charge in [-0.25, -0.2) is 9.79 Å². The molecule has 1 aliphatic heterocycles. The minimum absolute atomic E-state index is 0.221. The van der Waals surface area contributed by atoms with Crippen LogP contribution in [0.3, 0.4) is 0 Å². The first-order chi connectivity index (χ1) is 20.2. The van der Waals surface area contributed by atoms with Crippen molar-refractivity contribution in [2.24, 2.45) is 4.99 Å². The number of fused-ring (bicyclic) bond motifs is 1. The smallest absolute Gasteiger partial charge is 0.338 e. The summed E-state index contributed by atoms with van der Waals surface area (Å²) in [5.41, 5.74) is 4.40. The van der Waals surface area contributed by atoms with Crippen LogP contribution in [0.5, 0.6) is 5.75 Å². The number of benzene rings is 3. The second kappa shape index (κ2) is 12.8. The number of aromatic nitrogens is 1. The van der Waals surface area contributed by atoms with E-state index in [1.165, 1.54) is 16.9 Å². The van der Waals surface area contributed by atoms with Gasteiger partial charge in [-0.05, 0) is 76.7 Å². The summed E-state index contributed by atoms with van der Waals surface area (Å²) in [4.78, 5) is 32.2. The highest BCUT2D eigenvalue weighted by molar-refractivity contribution is 9.10. The lowest BCUT2D eigenvalue weighted by Crippen LogP contribution is -2.39. The number of nitrogens with zero attached hydrogens (tertiary/aromatic N) is 2. The van der Waals surface area contributed by atoms with Crippen LogP contribution in [-0.4, -0.2) is 17.1 Å². The molecule has 9 heteroatoms. The molecular formula is C33H30BrClN2O4S. The van der Waals surface area contributed by atoms with Gasteiger partial charge in [-0.15, -0.1) is 0 Å². The largest absolute Gasteiger partial charge is 0.488 e. The van der Waals surface area contributed by atoms with E-state index in [1.807, 2.05) is 72.8 Å². The zero-order chi connectivity index (χ0) is 30.0. The van der Waals surface area contributed by atoms with Gasteiger partial charge in [0, 0.05) is 10.6 Å². The highest BCUT2D eigenvalue weighted by Crippen LogP contribution is 2.32. The molecule has 0 amide bonds. The van der Waals surface area contributed by atoms with Crippen molar-refractivity contribution in [3.05, 3.63) is 129 Å². The molecule has 0 N–H and O–H groups in total. The lowest BCUT2D eigenvalue weighted by atomic mass is 9.93. The summed E-state index contributed by atoms with van der Waals surface area (Å²) in [7, 11) is 0. The zero-order valence-corrected chi connectivity index (χ0v) is 26.8. The van der Waals surface area contributed by atoms with Gasteiger partial charge < -0.3 is 9.47 Å². The highest BCUT2D eigenvalue weighted by Gasteiger charge is 2.33. The van der Waals surface area contributed by atoms with Crippen LogP contribution in [0.25, 0.3) is 6.08 Å². The third-order valence-corrected chi connectivity index (χ3v) is 9.00. The Morgan fingerprint density at radius 2 is 1.88 bits per heavy atom. The molecule has 0 bridgehead atoms. The number of halogens is 2. The fourth-order valence-electron chi connectivity index (χ4n) is 4.82. The number of hydrogen-bond donors (Lipinski definition) is 0. The zero-order valence-electron chi connectivity index (χ0n) is 23.7. The van der Waals surface area contributed by atoms with Crippen LogP contribution >= 0.6 is 38.9 Å². The predicted octanol–water partition coefficient (Wildman–Crippen LogP) is 6.92. The number of thiazole rings is 1. The number of ether oxygens (including phenoxy) is 2. The number of carbonyl (C=O) groups excluding carboxylic acids is 1. The molecule has 2 heterocycles. The van der Waals surface area contributed by atoms with E-state index in [4.69, 9.17) is 21.1 Å². The van der Waals surface area contributed by atoms with Crippen molar-refractivity contribution in [1.29, 1.82) is 0 Å². The Hall–Kier alpha value is -3.46. The van der Waals surface area contributed by atoms with E-state index in [1.54, 1.807) is 18.4 Å². The van der Waals surface area contributed by atoms with Crippen LogP contribution in [0.1, 0.15) is 61.9 Å². The maximum Gasteiger partial charge on any atom is 0.338 e. The molecule has 0 unspecified atom stereocenters. The van der Waals surface area contributed by atoms with Crippen LogP contribution in [0, 0.1) is 0 Å². The molecule has 1 aliphatic rings. The SMILES string of the molecule is CCOC(=O)C1=C(C)N=c2s/c(=C\c3ccc(OCc4ccccc4Cl)c(Br)c3)c(=O)n2[C@@H]1c1ccc(C(C)C)cc1. The van der Waals surface area contributed by atoms with Crippen molar-refractivity contribution in [2.75, 3.05) is 6.61 Å². The Morgan fingerprint density at radius 3 is 2.55 bits per heavy atom. The topological polar surface area (TPSA) is 69.9 Å². The highest BCUT2D eigenvalue weighted by atomic mass is 79.9. The molecule has 0 saturated carbocycles. The number of carbonyl (C=O) groups is 1. The molecule has 6 nitrogen and oxygen atoms in total. The molecule has 1 atom stereocenters. The minimum Gasteiger partial charge on any atom is -0.488 e. The van der Waals surface area contributed by atoms with Gasteiger partial charge in [-0.2, -0.15) is 0 Å². The predicted molar refractivity (Wildman–Crippen MR) is 171 cm³/mol. The van der Waals surface area contributed by atoms with Crippen LogP contribution in [-0.2, 0) is 16.1 Å². The van der Waals surface area contributed by atoms with Crippen LogP contribution < -0.4 is 19.6 Å². The van der Waals surface area contributed by atoms with Gasteiger partial charge in [0.05, 0.1) is 32.9 Å². The van der Waals surface area contributed by atoms with Crippen molar-refractivity contribution in [2.45, 2.75) is 46.3 Å². The molecule has 42 heavy (non-hydrogen) atoms. The van der Waals surface area contributed by atoms with Gasteiger partial charge in [0.25, 0.3) is 5.56 Å². The summed E-state index contributed by atoms with van der Waals surface area (Å²) >= 11 is 11.1. The molecule has 0 saturated heterocycles. The van der Waals surface area contributed by atoms with Gasteiger partial charge in [0.2, 0.25) is 0 Å². The molecule has 0 radical (unpaired) electrons. The lowest BCUT2D eigenvalue weighted by molar-refractivity contribution is -0.139. The van der Waals surface area contributed by atoms with Crippen molar-refractivity contribution >= 4 is 50.9 Å². The third-order valence-electron chi connectivity index (χ3n) is 7.03. The average molecular weight is 666 g/mol. The maximum absolute atomic E-state index is 13.9. The standard InChI is InChI=1S/C33H30BrClN2O4S/c1-5-40-32(39)29-20(4)36-33-37(30(29)23-13-11-22(12-14-23)19(2)3)31(38)28(42-33)17-21-10-15-27(25(34)16-21)41-18-24-8-6-7-9-26(24)35/h6-17,19,30H,5,18H2,1-4H3/b28-17-/t30-/m1/s1. The lowest BCUT2D eigenvalue weighted by Gasteiger charge is -2.25. The Balaban J connectivity index is 1.53. The normalized spacial score (nSPS) is 15.0. The molecule has 4 aromatic rings. The number of esters is 1. The Morgan fingerprint density at radius 1 is 1.14 bits per heavy atom. The summed E-state index contributed by atoms with van der Waals surface area (Å²) in [5.74, 6) is 0.547. The first-order valence-electron chi connectivity index (χ1n) is 13.6. The third kappa shape index (κ3) is 6.16. The number of hydrogen-bond acceptors (Lipinski definition) is 6. The Kier molecular flexibility index (Phi) is 9.16. The van der Waals surface area contributed by atoms with Crippen LogP contribution in [0.4, 0.5) is 0 Å². The van der Waals surface area contributed by atoms with E-state index >= 15 is 0 Å².